The summed E-state index contributed by atoms with van der Waals surface area (Å²) in [6.07, 6.45) is 1.93. The van der Waals surface area contributed by atoms with Crippen LogP contribution in [0.4, 0.5) is 10.1 Å². The number of halogens is 1. The molecular formula is C26H20FN3O2. The first-order valence-corrected chi connectivity index (χ1v) is 10.2. The number of aromatic nitrogens is 2. The topological polar surface area (TPSA) is 56.1 Å². The number of fused-ring (bicyclic) bond motifs is 2. The summed E-state index contributed by atoms with van der Waals surface area (Å²) in [6.45, 7) is 0.536. The lowest BCUT2D eigenvalue weighted by molar-refractivity contribution is 0.102. The Morgan fingerprint density at radius 3 is 2.56 bits per heavy atom. The van der Waals surface area contributed by atoms with Crippen molar-refractivity contribution < 1.29 is 13.9 Å². The first-order chi connectivity index (χ1) is 15.6. The van der Waals surface area contributed by atoms with Gasteiger partial charge in [-0.05, 0) is 53.4 Å². The van der Waals surface area contributed by atoms with Crippen LogP contribution in [0.25, 0.3) is 21.7 Å². The Bertz CT molecular complexity index is 1440. The van der Waals surface area contributed by atoms with Crippen LogP contribution in [0.1, 0.15) is 15.9 Å². The molecule has 32 heavy (non-hydrogen) atoms. The van der Waals surface area contributed by atoms with E-state index in [1.54, 1.807) is 36.1 Å². The van der Waals surface area contributed by atoms with Crippen molar-refractivity contribution in [1.82, 2.24) is 9.78 Å². The lowest BCUT2D eigenvalue weighted by Crippen LogP contribution is -2.12. The molecule has 1 aromatic heterocycles. The zero-order valence-corrected chi connectivity index (χ0v) is 17.4. The zero-order valence-electron chi connectivity index (χ0n) is 17.4. The van der Waals surface area contributed by atoms with Crippen LogP contribution >= 0.6 is 0 Å². The van der Waals surface area contributed by atoms with E-state index in [9.17, 15) is 9.18 Å². The average Bonchev–Trinajstić information content (AvgIpc) is 3.21. The number of carbonyl (C=O) groups is 1. The predicted octanol–water partition coefficient (Wildman–Crippen LogP) is 5.64. The fraction of sp³-hybridized carbons (Fsp3) is 0.0769. The Balaban J connectivity index is 1.40. The molecule has 0 radical (unpaired) electrons. The third-order valence-electron chi connectivity index (χ3n) is 5.42. The van der Waals surface area contributed by atoms with E-state index in [-0.39, 0.29) is 11.7 Å². The normalized spacial score (nSPS) is 11.1. The fourth-order valence-electron chi connectivity index (χ4n) is 3.85. The van der Waals surface area contributed by atoms with Crippen molar-refractivity contribution in [3.8, 4) is 5.75 Å². The lowest BCUT2D eigenvalue weighted by Gasteiger charge is -2.11. The van der Waals surface area contributed by atoms with Gasteiger partial charge < -0.3 is 10.1 Å². The maximum absolute atomic E-state index is 13.1. The summed E-state index contributed by atoms with van der Waals surface area (Å²) < 4.78 is 20.3. The lowest BCUT2D eigenvalue weighted by atomic mass is 10.0. The quantitative estimate of drug-likeness (QED) is 0.397. The molecule has 1 N–H and O–H groups in total. The first-order valence-electron chi connectivity index (χ1n) is 10.2. The van der Waals surface area contributed by atoms with E-state index in [1.807, 2.05) is 48.7 Å². The Labute approximate surface area is 184 Å². The Morgan fingerprint density at radius 1 is 1.00 bits per heavy atom. The average molecular weight is 425 g/mol. The SMILES string of the molecule is COc1ccc(C(=O)Nc2ccc3cn(Cc4ccc(F)cc4)nc3c2)c2ccccc12. The van der Waals surface area contributed by atoms with Crippen LogP contribution in [0.5, 0.6) is 5.75 Å². The molecule has 5 rings (SSSR count). The van der Waals surface area contributed by atoms with Crippen LogP contribution in [0.2, 0.25) is 0 Å². The van der Waals surface area contributed by atoms with Gasteiger partial charge in [0.25, 0.3) is 5.91 Å². The number of nitrogens with one attached hydrogen (secondary N) is 1. The summed E-state index contributed by atoms with van der Waals surface area (Å²) in [4.78, 5) is 13.0. The van der Waals surface area contributed by atoms with Crippen molar-refractivity contribution in [1.29, 1.82) is 0 Å². The number of benzene rings is 4. The molecule has 4 aromatic carbocycles. The maximum Gasteiger partial charge on any atom is 0.256 e. The molecule has 158 valence electrons. The minimum Gasteiger partial charge on any atom is -0.496 e. The first kappa shape index (κ1) is 19.8. The van der Waals surface area contributed by atoms with E-state index < -0.39 is 0 Å². The second-order valence-corrected chi connectivity index (χ2v) is 7.54. The van der Waals surface area contributed by atoms with Crippen LogP contribution in [0.3, 0.4) is 0 Å². The molecule has 0 saturated heterocycles. The number of nitrogens with zero attached hydrogens (tertiary/aromatic N) is 2. The molecule has 5 aromatic rings. The third-order valence-corrected chi connectivity index (χ3v) is 5.42. The Morgan fingerprint density at radius 2 is 1.78 bits per heavy atom. The number of ether oxygens (including phenoxy) is 1. The van der Waals surface area contributed by atoms with Crippen molar-refractivity contribution in [3.63, 3.8) is 0 Å². The number of carbonyl (C=O) groups excluding carboxylic acids is 1. The number of hydrogen-bond acceptors (Lipinski definition) is 3. The molecule has 0 aliphatic carbocycles. The molecule has 1 amide bonds. The van der Waals surface area contributed by atoms with Gasteiger partial charge in [-0.1, -0.05) is 36.4 Å². The molecule has 0 aliphatic heterocycles. The van der Waals surface area contributed by atoms with Crippen molar-refractivity contribution in [3.05, 3.63) is 102 Å². The molecule has 5 nitrogen and oxygen atoms in total. The molecule has 1 heterocycles. The van der Waals surface area contributed by atoms with Gasteiger partial charge in [-0.3, -0.25) is 9.48 Å². The number of hydrogen-bond donors (Lipinski definition) is 1. The van der Waals surface area contributed by atoms with Gasteiger partial charge in [0.2, 0.25) is 0 Å². The molecule has 0 atom stereocenters. The zero-order chi connectivity index (χ0) is 22.1. The van der Waals surface area contributed by atoms with Crippen LogP contribution in [-0.4, -0.2) is 22.8 Å². The number of anilines is 1. The van der Waals surface area contributed by atoms with Crippen LogP contribution in [-0.2, 0) is 6.54 Å². The number of amides is 1. The van der Waals surface area contributed by atoms with Crippen molar-refractivity contribution in [2.45, 2.75) is 6.54 Å². The number of methoxy groups -OCH3 is 1. The molecule has 6 heteroatoms. The monoisotopic (exact) mass is 425 g/mol. The van der Waals surface area contributed by atoms with Gasteiger partial charge in [-0.15, -0.1) is 0 Å². The predicted molar refractivity (Wildman–Crippen MR) is 124 cm³/mol. The minimum absolute atomic E-state index is 0.200. The summed E-state index contributed by atoms with van der Waals surface area (Å²) >= 11 is 0. The molecule has 0 fully saturated rings. The summed E-state index contributed by atoms with van der Waals surface area (Å²) in [7, 11) is 1.62. The summed E-state index contributed by atoms with van der Waals surface area (Å²) in [5.74, 6) is 0.267. The van der Waals surface area contributed by atoms with E-state index >= 15 is 0 Å². The van der Waals surface area contributed by atoms with E-state index in [4.69, 9.17) is 4.74 Å². The van der Waals surface area contributed by atoms with Gasteiger partial charge in [-0.25, -0.2) is 4.39 Å². The largest absolute Gasteiger partial charge is 0.496 e. The van der Waals surface area contributed by atoms with Crippen LogP contribution < -0.4 is 10.1 Å². The molecule has 0 unspecified atom stereocenters. The van der Waals surface area contributed by atoms with Crippen molar-refractivity contribution >= 4 is 33.3 Å². The maximum atomic E-state index is 13.1. The Kier molecular flexibility index (Phi) is 5.03. The molecule has 0 bridgehead atoms. The molecule has 0 saturated carbocycles. The van der Waals surface area contributed by atoms with Gasteiger partial charge in [0.05, 0.1) is 19.2 Å². The number of rotatable bonds is 5. The van der Waals surface area contributed by atoms with Gasteiger partial charge in [0.15, 0.2) is 0 Å². The van der Waals surface area contributed by atoms with Crippen LogP contribution in [0, 0.1) is 5.82 Å². The standard InChI is InChI=1S/C26H20FN3O2/c1-32-25-13-12-23(21-4-2-3-5-22(21)25)26(31)28-20-11-8-18-16-30(29-24(18)14-20)15-17-6-9-19(27)10-7-17/h2-14,16H,15H2,1H3,(H,28,31). The van der Waals surface area contributed by atoms with Gasteiger partial charge in [-0.2, -0.15) is 5.10 Å². The smallest absolute Gasteiger partial charge is 0.256 e. The summed E-state index contributed by atoms with van der Waals surface area (Å²) in [5.41, 5.74) is 2.96. The minimum atomic E-state index is -0.260. The second-order valence-electron chi connectivity index (χ2n) is 7.54. The van der Waals surface area contributed by atoms with E-state index in [0.717, 1.165) is 33.0 Å². The molecule has 0 aliphatic rings. The van der Waals surface area contributed by atoms with Crippen LogP contribution in [0.15, 0.2) is 85.1 Å². The van der Waals surface area contributed by atoms with E-state index in [2.05, 4.69) is 10.4 Å². The highest BCUT2D eigenvalue weighted by Gasteiger charge is 2.13. The summed E-state index contributed by atoms with van der Waals surface area (Å²) in [6, 6.07) is 23.2. The third kappa shape index (κ3) is 3.78. The van der Waals surface area contributed by atoms with E-state index in [0.29, 0.717) is 17.8 Å². The highest BCUT2D eigenvalue weighted by Crippen LogP contribution is 2.29. The highest BCUT2D eigenvalue weighted by molar-refractivity contribution is 6.14. The van der Waals surface area contributed by atoms with Crippen molar-refractivity contribution in [2.24, 2.45) is 0 Å². The van der Waals surface area contributed by atoms with Crippen molar-refractivity contribution in [2.75, 3.05) is 12.4 Å². The molecule has 0 spiro atoms. The van der Waals surface area contributed by atoms with E-state index in [1.165, 1.54) is 12.1 Å². The van der Waals surface area contributed by atoms with Gasteiger partial charge >= 0.3 is 0 Å². The Hall–Kier alpha value is -4.19. The second kappa shape index (κ2) is 8.15. The summed E-state index contributed by atoms with van der Waals surface area (Å²) in [5, 5.41) is 10.2. The fourth-order valence-corrected chi connectivity index (χ4v) is 3.85. The highest BCUT2D eigenvalue weighted by atomic mass is 19.1. The van der Waals surface area contributed by atoms with Gasteiger partial charge in [0, 0.05) is 28.2 Å². The molecular weight excluding hydrogens is 405 g/mol. The van der Waals surface area contributed by atoms with Gasteiger partial charge in [0.1, 0.15) is 11.6 Å².